The first-order chi connectivity index (χ1) is 23.8. The van der Waals surface area contributed by atoms with E-state index in [2.05, 4.69) is 30.8 Å². The van der Waals surface area contributed by atoms with Gasteiger partial charge in [0.25, 0.3) is 0 Å². The molecule has 11 nitrogen and oxygen atoms in total. The third-order valence-corrected chi connectivity index (χ3v) is 10.3. The summed E-state index contributed by atoms with van der Waals surface area (Å²) in [5.74, 6) is 1.36. The van der Waals surface area contributed by atoms with Crippen LogP contribution in [0.5, 0.6) is 11.6 Å². The number of halogens is 2. The summed E-state index contributed by atoms with van der Waals surface area (Å²) in [4.78, 5) is 39.6. The summed E-state index contributed by atoms with van der Waals surface area (Å²) < 4.78 is 11.4. The van der Waals surface area contributed by atoms with Crippen LogP contribution < -0.4 is 25.4 Å². The number of hydrogen-bond acceptors (Lipinski definition) is 9. The van der Waals surface area contributed by atoms with Gasteiger partial charge in [-0.3, -0.25) is 24.5 Å². The lowest BCUT2D eigenvalue weighted by molar-refractivity contribution is -0.121. The zero-order valence-corrected chi connectivity index (χ0v) is 28.8. The molecule has 7 rings (SSSR count). The van der Waals surface area contributed by atoms with Crippen LogP contribution >= 0.6 is 23.2 Å². The Kier molecular flexibility index (Phi) is 9.43. The van der Waals surface area contributed by atoms with Crippen molar-refractivity contribution >= 4 is 35.0 Å². The van der Waals surface area contributed by atoms with Crippen molar-refractivity contribution in [3.8, 4) is 45.3 Å². The molecule has 254 valence electrons. The number of likely N-dealkylation sites (tertiary alicyclic amines) is 1. The first-order valence-corrected chi connectivity index (χ1v) is 17.0. The van der Waals surface area contributed by atoms with E-state index in [0.29, 0.717) is 71.1 Å². The number of rotatable bonds is 11. The first-order valence-electron chi connectivity index (χ1n) is 16.3. The number of hydrogen-bond donors (Lipinski definition) is 3. The fourth-order valence-electron chi connectivity index (χ4n) is 7.04. The van der Waals surface area contributed by atoms with Crippen molar-refractivity contribution in [3.63, 3.8) is 0 Å². The Morgan fingerprint density at radius 1 is 1.00 bits per heavy atom. The second kappa shape index (κ2) is 13.9. The van der Waals surface area contributed by atoms with Crippen LogP contribution in [0.1, 0.15) is 30.5 Å². The molecule has 0 bridgehead atoms. The molecule has 3 aromatic heterocycles. The van der Waals surface area contributed by atoms with Gasteiger partial charge < -0.3 is 25.4 Å². The van der Waals surface area contributed by atoms with Crippen LogP contribution in [0.15, 0.2) is 54.9 Å². The molecule has 0 radical (unpaired) electrons. The average molecular weight is 703 g/mol. The Morgan fingerprint density at radius 3 is 2.55 bits per heavy atom. The number of carbonyl (C=O) groups is 2. The van der Waals surface area contributed by atoms with E-state index < -0.39 is 0 Å². The quantitative estimate of drug-likeness (QED) is 0.200. The van der Waals surface area contributed by atoms with Crippen molar-refractivity contribution in [2.24, 2.45) is 5.41 Å². The summed E-state index contributed by atoms with van der Waals surface area (Å²) >= 11 is 14.1. The lowest BCUT2D eigenvalue weighted by Crippen LogP contribution is -2.56. The van der Waals surface area contributed by atoms with Crippen LogP contribution in [0.2, 0.25) is 10.0 Å². The molecule has 4 aromatic rings. The third-order valence-electron chi connectivity index (χ3n) is 9.49. The number of ether oxygens (including phenoxy) is 2. The van der Waals surface area contributed by atoms with Gasteiger partial charge in [-0.05, 0) is 24.6 Å². The number of pyridine rings is 3. The zero-order valence-electron chi connectivity index (χ0n) is 27.3. The molecule has 1 aromatic carbocycles. The molecule has 0 saturated carbocycles. The molecule has 49 heavy (non-hydrogen) atoms. The van der Waals surface area contributed by atoms with E-state index in [0.717, 1.165) is 54.0 Å². The maximum atomic E-state index is 11.7. The predicted octanol–water partition coefficient (Wildman–Crippen LogP) is 4.89. The lowest BCUT2D eigenvalue weighted by Gasteiger charge is -2.47. The fraction of sp³-hybridized carbons (Fsp3) is 0.361. The number of carbonyl (C=O) groups excluding carboxylic acids is 2. The van der Waals surface area contributed by atoms with Crippen LogP contribution in [0.25, 0.3) is 33.6 Å². The maximum Gasteiger partial charge on any atom is 0.220 e. The van der Waals surface area contributed by atoms with Gasteiger partial charge in [0.1, 0.15) is 5.75 Å². The third kappa shape index (κ3) is 6.81. The van der Waals surface area contributed by atoms with E-state index in [4.69, 9.17) is 37.7 Å². The Balaban J connectivity index is 1.10. The van der Waals surface area contributed by atoms with Crippen molar-refractivity contribution in [2.45, 2.75) is 38.4 Å². The molecule has 13 heteroatoms. The van der Waals surface area contributed by atoms with Crippen LogP contribution in [0.3, 0.4) is 0 Å². The summed E-state index contributed by atoms with van der Waals surface area (Å²) in [6, 6.07) is 13.6. The average Bonchev–Trinajstić information content (AvgIpc) is 3.70. The van der Waals surface area contributed by atoms with E-state index in [1.54, 1.807) is 26.6 Å². The van der Waals surface area contributed by atoms with Crippen LogP contribution in [0, 0.1) is 5.41 Å². The molecule has 6 heterocycles. The highest BCUT2D eigenvalue weighted by atomic mass is 35.5. The van der Waals surface area contributed by atoms with Gasteiger partial charge in [0.15, 0.2) is 0 Å². The van der Waals surface area contributed by atoms with Gasteiger partial charge in [-0.2, -0.15) is 0 Å². The molecule has 0 aliphatic carbocycles. The molecule has 2 amide bonds. The van der Waals surface area contributed by atoms with Crippen molar-refractivity contribution in [2.75, 3.05) is 40.4 Å². The largest absolute Gasteiger partial charge is 0.495 e. The summed E-state index contributed by atoms with van der Waals surface area (Å²) in [6.07, 6.45) is 5.41. The molecule has 3 fully saturated rings. The van der Waals surface area contributed by atoms with Gasteiger partial charge in [-0.25, -0.2) is 4.98 Å². The standard InChI is InChI=1S/C36H37Cl2N7O4/c1-48-29-12-22(14-41-28(29)16-39-15-23-7-9-30(46)43-23)34-33(38)25(10-11-40-34)24-4-3-5-26(32(24)37)27-8-6-21(35(44-27)49-2)17-45-19-36(20-45)13-31(47)42-18-36/h3-6,8,10-12,14,23,39H,7,9,13,15-20H2,1-2H3,(H,42,47)(H,43,46)/t23-/m1/s1. The van der Waals surface area contributed by atoms with Crippen LogP contribution in [0.4, 0.5) is 0 Å². The molecule has 1 spiro atoms. The normalized spacial score (nSPS) is 18.3. The minimum atomic E-state index is 0.0555. The van der Waals surface area contributed by atoms with E-state index in [1.807, 2.05) is 42.5 Å². The number of nitrogens with zero attached hydrogens (tertiary/aromatic N) is 4. The Hall–Kier alpha value is -4.29. The van der Waals surface area contributed by atoms with Crippen molar-refractivity contribution in [1.82, 2.24) is 35.8 Å². The van der Waals surface area contributed by atoms with Crippen molar-refractivity contribution in [1.29, 1.82) is 0 Å². The minimum absolute atomic E-state index is 0.0555. The number of aromatic nitrogens is 3. The highest BCUT2D eigenvalue weighted by Gasteiger charge is 2.48. The van der Waals surface area contributed by atoms with Gasteiger partial charge in [-0.1, -0.05) is 47.5 Å². The van der Waals surface area contributed by atoms with Gasteiger partial charge >= 0.3 is 0 Å². The Bertz CT molecular complexity index is 1920. The molecule has 0 unspecified atom stereocenters. The van der Waals surface area contributed by atoms with Crippen LogP contribution in [-0.4, -0.2) is 78.1 Å². The second-order valence-electron chi connectivity index (χ2n) is 13.0. The highest BCUT2D eigenvalue weighted by Crippen LogP contribution is 2.43. The van der Waals surface area contributed by atoms with Crippen molar-refractivity contribution < 1.29 is 19.1 Å². The molecular formula is C36H37Cl2N7O4. The zero-order chi connectivity index (χ0) is 34.1. The SMILES string of the molecule is COc1cc(-c2nccc(-c3cccc(-c4ccc(CN5CC6(CNC(=O)C6)C5)c(OC)n4)c3Cl)c2Cl)cnc1CNC[C@H]1CCC(=O)N1. The number of benzene rings is 1. The summed E-state index contributed by atoms with van der Waals surface area (Å²) in [5.41, 5.74) is 5.90. The molecule has 1 atom stereocenters. The second-order valence-corrected chi connectivity index (χ2v) is 13.7. The summed E-state index contributed by atoms with van der Waals surface area (Å²) in [6.45, 7) is 4.30. The molecule has 3 saturated heterocycles. The van der Waals surface area contributed by atoms with Crippen LogP contribution in [-0.2, 0) is 22.7 Å². The van der Waals surface area contributed by atoms with Gasteiger partial charge in [0.2, 0.25) is 17.7 Å². The monoisotopic (exact) mass is 701 g/mol. The van der Waals surface area contributed by atoms with E-state index in [9.17, 15) is 9.59 Å². The van der Waals surface area contributed by atoms with E-state index in [-0.39, 0.29) is 23.3 Å². The minimum Gasteiger partial charge on any atom is -0.495 e. The van der Waals surface area contributed by atoms with Gasteiger partial charge in [0.05, 0.1) is 41.3 Å². The molecule has 3 aliphatic heterocycles. The molecular weight excluding hydrogens is 665 g/mol. The summed E-state index contributed by atoms with van der Waals surface area (Å²) in [7, 11) is 3.22. The van der Waals surface area contributed by atoms with Gasteiger partial charge in [-0.15, -0.1) is 0 Å². The number of nitrogens with one attached hydrogen (secondary N) is 3. The first kappa shape index (κ1) is 33.2. The maximum absolute atomic E-state index is 11.7. The van der Waals surface area contributed by atoms with Crippen molar-refractivity contribution in [3.05, 3.63) is 76.2 Å². The van der Waals surface area contributed by atoms with E-state index >= 15 is 0 Å². The molecule has 3 aliphatic rings. The number of methoxy groups -OCH3 is 2. The Labute approximate surface area is 294 Å². The smallest absolute Gasteiger partial charge is 0.220 e. The highest BCUT2D eigenvalue weighted by molar-refractivity contribution is 6.39. The number of amides is 2. The Morgan fingerprint density at radius 2 is 1.82 bits per heavy atom. The topological polar surface area (TPSA) is 131 Å². The lowest BCUT2D eigenvalue weighted by atomic mass is 9.79. The summed E-state index contributed by atoms with van der Waals surface area (Å²) in [5, 5.41) is 10.2. The van der Waals surface area contributed by atoms with Gasteiger partial charge in [0, 0.05) is 104 Å². The fourth-order valence-corrected chi connectivity index (χ4v) is 7.69. The van der Waals surface area contributed by atoms with E-state index in [1.165, 1.54) is 0 Å². The predicted molar refractivity (Wildman–Crippen MR) is 187 cm³/mol. The molecule has 3 N–H and O–H groups in total.